The fourth-order valence-electron chi connectivity index (χ4n) is 3.36. The average Bonchev–Trinajstić information content (AvgIpc) is 2.74. The Balaban J connectivity index is 3.70. The van der Waals surface area contributed by atoms with E-state index < -0.39 is 26.8 Å². The van der Waals surface area contributed by atoms with Gasteiger partial charge < -0.3 is 14.5 Å². The number of hydrogen-bond acceptors (Lipinski definition) is 5. The molecule has 0 aromatic heterocycles. The lowest BCUT2D eigenvalue weighted by molar-refractivity contribution is -0.913. The van der Waals surface area contributed by atoms with Crippen molar-refractivity contribution in [2.24, 2.45) is 0 Å². The summed E-state index contributed by atoms with van der Waals surface area (Å²) in [6, 6.07) is 0. The Morgan fingerprint density at radius 2 is 1.41 bits per heavy atom. The molecule has 0 amide bonds. The third-order valence-electron chi connectivity index (χ3n) is 5.99. The van der Waals surface area contributed by atoms with Gasteiger partial charge in [0.1, 0.15) is 5.78 Å². The zero-order valence-electron chi connectivity index (χ0n) is 22.5. The molecule has 0 aromatic rings. The Kier molecular flexibility index (Phi) is 19.3. The molecule has 0 spiro atoms. The molecular formula is C26H53NO6P+. The predicted molar refractivity (Wildman–Crippen MR) is 139 cm³/mol. The van der Waals surface area contributed by atoms with Gasteiger partial charge >= 0.3 is 7.82 Å². The molecule has 0 saturated heterocycles. The van der Waals surface area contributed by atoms with Crippen LogP contribution in [0.5, 0.6) is 0 Å². The van der Waals surface area contributed by atoms with E-state index in [0.29, 0.717) is 10.9 Å². The number of allylic oxidation sites excluding steroid dienone is 2. The number of nitrogens with zero attached hydrogens (tertiary/aromatic N) is 1. The van der Waals surface area contributed by atoms with E-state index in [2.05, 4.69) is 19.1 Å². The summed E-state index contributed by atoms with van der Waals surface area (Å²) in [6.45, 7) is 3.51. The van der Waals surface area contributed by atoms with E-state index in [1.807, 2.05) is 21.1 Å². The minimum absolute atomic E-state index is 0.0564. The molecule has 3 atom stereocenters. The van der Waals surface area contributed by atoms with Crippen LogP contribution in [0.2, 0.25) is 0 Å². The lowest BCUT2D eigenvalue weighted by Gasteiger charge is -2.31. The van der Waals surface area contributed by atoms with Crippen LogP contribution in [0.15, 0.2) is 12.2 Å². The van der Waals surface area contributed by atoms with Gasteiger partial charge in [-0.2, -0.15) is 0 Å². The maximum Gasteiger partial charge on any atom is 0.476 e. The van der Waals surface area contributed by atoms with E-state index in [9.17, 15) is 19.4 Å². The van der Waals surface area contributed by atoms with Crippen LogP contribution in [-0.2, 0) is 18.4 Å². The maximum absolute atomic E-state index is 12.0. The van der Waals surface area contributed by atoms with Crippen molar-refractivity contribution in [1.29, 1.82) is 0 Å². The Morgan fingerprint density at radius 1 is 0.912 bits per heavy atom. The second kappa shape index (κ2) is 19.6. The second-order valence-electron chi connectivity index (χ2n) is 10.3. The first-order chi connectivity index (χ1) is 16.0. The van der Waals surface area contributed by atoms with Crippen LogP contribution in [0, 0.1) is 0 Å². The smallest absolute Gasteiger partial charge is 0.390 e. The third kappa shape index (κ3) is 20.8. The van der Waals surface area contributed by atoms with Gasteiger partial charge in [-0.05, 0) is 32.1 Å². The van der Waals surface area contributed by atoms with Gasteiger partial charge in [-0.25, -0.2) is 9.09 Å². The van der Waals surface area contributed by atoms with Crippen molar-refractivity contribution in [2.75, 3.05) is 27.7 Å². The fourth-order valence-corrected chi connectivity index (χ4v) is 4.45. The number of carbonyl (C=O) groups excluding carboxylic acids is 1. The zero-order chi connectivity index (χ0) is 25.9. The summed E-state index contributed by atoms with van der Waals surface area (Å²) in [7, 11) is 1.19. The Labute approximate surface area is 209 Å². The van der Waals surface area contributed by atoms with Crippen molar-refractivity contribution in [1.82, 2.24) is 0 Å². The Bertz CT molecular complexity index is 590. The molecule has 34 heavy (non-hydrogen) atoms. The van der Waals surface area contributed by atoms with Crippen molar-refractivity contribution in [3.63, 3.8) is 0 Å². The number of ketones is 1. The van der Waals surface area contributed by atoms with Crippen LogP contribution in [0.1, 0.15) is 110 Å². The summed E-state index contributed by atoms with van der Waals surface area (Å²) in [5.74, 6) is -0.0564. The maximum atomic E-state index is 12.0. The zero-order valence-corrected chi connectivity index (χ0v) is 23.4. The lowest BCUT2D eigenvalue weighted by Crippen LogP contribution is -2.44. The lowest BCUT2D eigenvalue weighted by atomic mass is 10.0. The van der Waals surface area contributed by atoms with Crippen molar-refractivity contribution < 1.29 is 32.9 Å². The molecule has 202 valence electrons. The molecule has 0 rings (SSSR count). The van der Waals surface area contributed by atoms with E-state index >= 15 is 0 Å². The summed E-state index contributed by atoms with van der Waals surface area (Å²) < 4.78 is 22.3. The van der Waals surface area contributed by atoms with Crippen LogP contribution >= 0.6 is 7.82 Å². The van der Waals surface area contributed by atoms with E-state index in [4.69, 9.17) is 9.05 Å². The van der Waals surface area contributed by atoms with Crippen LogP contribution in [0.4, 0.5) is 0 Å². The molecule has 0 heterocycles. The van der Waals surface area contributed by atoms with Crippen molar-refractivity contribution in [3.05, 3.63) is 12.2 Å². The summed E-state index contributed by atoms with van der Waals surface area (Å²) in [5.41, 5.74) is 0. The minimum atomic E-state index is -4.29. The highest BCUT2D eigenvalue weighted by Gasteiger charge is 2.32. The standard InChI is InChI=1S/C26H52NO6P/c1-6-7-8-9-10-11-12-13-14-15-16-17-18-19-20-21-25(28)22-26(29)23-32-34(30,31)33-24(2)27(3,4)5/h14-15,24,26,29H,6-13,16-23H2,1-5H3/p+1/b15-14+. The number of carbonyl (C=O) groups is 1. The highest BCUT2D eigenvalue weighted by molar-refractivity contribution is 7.47. The molecule has 3 unspecified atom stereocenters. The normalized spacial score (nSPS) is 16.0. The number of aliphatic hydroxyl groups excluding tert-OH is 1. The quantitative estimate of drug-likeness (QED) is 0.0538. The molecule has 0 aliphatic carbocycles. The number of aliphatic hydroxyl groups is 1. The highest BCUT2D eigenvalue weighted by atomic mass is 31.2. The highest BCUT2D eigenvalue weighted by Crippen LogP contribution is 2.45. The van der Waals surface area contributed by atoms with Crippen LogP contribution in [0.25, 0.3) is 0 Å². The monoisotopic (exact) mass is 506 g/mol. The number of hydrogen-bond donors (Lipinski definition) is 2. The van der Waals surface area contributed by atoms with Crippen LogP contribution in [0.3, 0.4) is 0 Å². The van der Waals surface area contributed by atoms with Crippen molar-refractivity contribution in [2.45, 2.75) is 122 Å². The molecule has 0 saturated carbocycles. The van der Waals surface area contributed by atoms with Gasteiger partial charge in [0.2, 0.25) is 6.23 Å². The molecule has 0 aliphatic rings. The van der Waals surface area contributed by atoms with Gasteiger partial charge in [-0.1, -0.05) is 70.4 Å². The second-order valence-corrected chi connectivity index (χ2v) is 11.7. The molecule has 7 nitrogen and oxygen atoms in total. The Hall–Kier alpha value is -0.560. The summed E-state index contributed by atoms with van der Waals surface area (Å²) >= 11 is 0. The van der Waals surface area contributed by atoms with Crippen LogP contribution in [-0.4, -0.2) is 60.3 Å². The van der Waals surface area contributed by atoms with E-state index in [1.54, 1.807) is 6.92 Å². The summed E-state index contributed by atoms with van der Waals surface area (Å²) in [4.78, 5) is 21.8. The van der Waals surface area contributed by atoms with Crippen LogP contribution < -0.4 is 0 Å². The molecular weight excluding hydrogens is 453 g/mol. The molecule has 2 N–H and O–H groups in total. The van der Waals surface area contributed by atoms with Crippen molar-refractivity contribution in [3.8, 4) is 0 Å². The van der Waals surface area contributed by atoms with Gasteiger partial charge in [-0.3, -0.25) is 9.32 Å². The molecule has 8 heteroatoms. The third-order valence-corrected chi connectivity index (χ3v) is 7.03. The number of quaternary nitrogens is 1. The van der Waals surface area contributed by atoms with E-state index in [1.165, 1.54) is 51.4 Å². The van der Waals surface area contributed by atoms with Gasteiger partial charge in [0.25, 0.3) is 0 Å². The van der Waals surface area contributed by atoms with Crippen molar-refractivity contribution >= 4 is 13.6 Å². The van der Waals surface area contributed by atoms with Gasteiger partial charge in [0.05, 0.1) is 33.9 Å². The van der Waals surface area contributed by atoms with Gasteiger partial charge in [0, 0.05) is 19.8 Å². The van der Waals surface area contributed by atoms with E-state index in [0.717, 1.165) is 32.1 Å². The first-order valence-electron chi connectivity index (χ1n) is 13.3. The number of phosphoric acid groups is 1. The van der Waals surface area contributed by atoms with Gasteiger partial charge in [-0.15, -0.1) is 0 Å². The molecule has 0 bridgehead atoms. The van der Waals surface area contributed by atoms with E-state index in [-0.39, 0.29) is 12.2 Å². The minimum Gasteiger partial charge on any atom is -0.390 e. The first-order valence-corrected chi connectivity index (χ1v) is 14.8. The fraction of sp³-hybridized carbons (Fsp3) is 0.885. The number of phosphoric ester groups is 1. The topological polar surface area (TPSA) is 93.1 Å². The summed E-state index contributed by atoms with van der Waals surface area (Å²) in [5, 5.41) is 9.96. The molecule has 0 fully saturated rings. The molecule has 0 aliphatic heterocycles. The summed E-state index contributed by atoms with van der Waals surface area (Å²) in [6.07, 6.45) is 19.0. The SMILES string of the molecule is CCCCCCCCC/C=C/CCCCCCC(=O)CC(O)COP(=O)(O)OC(C)[N+](C)(C)C. The molecule has 0 aromatic carbocycles. The van der Waals surface area contributed by atoms with Gasteiger partial charge in [0.15, 0.2) is 0 Å². The first kappa shape index (κ1) is 33.4. The predicted octanol–water partition coefficient (Wildman–Crippen LogP) is 6.53. The number of Topliss-reactive ketones (excluding diaryl/α,β-unsaturated/α-hetero) is 1. The largest absolute Gasteiger partial charge is 0.476 e. The molecule has 0 radical (unpaired) electrons. The number of unbranched alkanes of at least 4 members (excludes halogenated alkanes) is 11. The number of rotatable bonds is 23. The Morgan fingerprint density at radius 3 is 1.94 bits per heavy atom. The average molecular weight is 507 g/mol.